The zero-order valence-corrected chi connectivity index (χ0v) is 11.4. The highest BCUT2D eigenvalue weighted by Gasteiger charge is 2.40. The number of rotatable bonds is 3. The van der Waals surface area contributed by atoms with Gasteiger partial charge in [-0.2, -0.15) is 4.98 Å². The van der Waals surface area contributed by atoms with Crippen molar-refractivity contribution < 1.29 is 8.91 Å². The van der Waals surface area contributed by atoms with E-state index in [9.17, 15) is 4.39 Å². The van der Waals surface area contributed by atoms with Crippen molar-refractivity contribution in [2.45, 2.75) is 38.6 Å². The van der Waals surface area contributed by atoms with Crippen molar-refractivity contribution >= 4 is 0 Å². The molecule has 0 radical (unpaired) electrons. The quantitative estimate of drug-likeness (QED) is 0.920. The molecule has 0 bridgehead atoms. The molecular formula is C13H17FN4O. The van der Waals surface area contributed by atoms with Gasteiger partial charge in [0, 0.05) is 5.54 Å². The van der Waals surface area contributed by atoms with Gasteiger partial charge in [-0.1, -0.05) is 5.16 Å². The Labute approximate surface area is 111 Å². The van der Waals surface area contributed by atoms with Crippen LogP contribution in [0, 0.1) is 5.82 Å². The highest BCUT2D eigenvalue weighted by molar-refractivity contribution is 5.47. The van der Waals surface area contributed by atoms with Crippen LogP contribution in [0.2, 0.25) is 0 Å². The van der Waals surface area contributed by atoms with Crippen LogP contribution in [0.4, 0.5) is 4.39 Å². The molecule has 2 aromatic heterocycles. The molecule has 19 heavy (non-hydrogen) atoms. The lowest BCUT2D eigenvalue weighted by molar-refractivity contribution is 0.223. The molecule has 0 saturated carbocycles. The van der Waals surface area contributed by atoms with Crippen LogP contribution in [0.5, 0.6) is 0 Å². The first kappa shape index (κ1) is 13.6. The first-order chi connectivity index (χ1) is 8.72. The molecule has 0 spiro atoms. The molecule has 6 heteroatoms. The van der Waals surface area contributed by atoms with E-state index in [-0.39, 0.29) is 0 Å². The number of hydrogen-bond donors (Lipinski definition) is 1. The lowest BCUT2D eigenvalue weighted by atomic mass is 9.75. The van der Waals surface area contributed by atoms with Crippen LogP contribution in [0.3, 0.4) is 0 Å². The smallest absolute Gasteiger partial charge is 0.234 e. The van der Waals surface area contributed by atoms with Gasteiger partial charge in [0.2, 0.25) is 11.7 Å². The van der Waals surface area contributed by atoms with Crippen molar-refractivity contribution in [2.75, 3.05) is 0 Å². The van der Waals surface area contributed by atoms with Gasteiger partial charge in [0.15, 0.2) is 0 Å². The van der Waals surface area contributed by atoms with E-state index in [0.717, 1.165) is 6.20 Å². The fraction of sp³-hybridized carbons (Fsp3) is 0.462. The highest BCUT2D eigenvalue weighted by atomic mass is 19.1. The number of halogens is 1. The topological polar surface area (TPSA) is 77.8 Å². The van der Waals surface area contributed by atoms with Crippen LogP contribution >= 0.6 is 0 Å². The summed E-state index contributed by atoms with van der Waals surface area (Å²) in [5.41, 5.74) is 5.57. The SMILES string of the molecule is CC(C)(N)C(C)(C)c1nc(-c2ccc(F)cn2)no1. The lowest BCUT2D eigenvalue weighted by Gasteiger charge is -2.34. The van der Waals surface area contributed by atoms with E-state index in [0.29, 0.717) is 17.4 Å². The first-order valence-electron chi connectivity index (χ1n) is 5.97. The Morgan fingerprint density at radius 3 is 2.42 bits per heavy atom. The summed E-state index contributed by atoms with van der Waals surface area (Å²) in [6, 6.07) is 2.81. The van der Waals surface area contributed by atoms with Gasteiger partial charge in [0.1, 0.15) is 11.5 Å². The molecule has 102 valence electrons. The van der Waals surface area contributed by atoms with E-state index in [1.165, 1.54) is 12.1 Å². The van der Waals surface area contributed by atoms with Crippen molar-refractivity contribution in [3.05, 3.63) is 30.0 Å². The van der Waals surface area contributed by atoms with Gasteiger partial charge in [-0.15, -0.1) is 0 Å². The Morgan fingerprint density at radius 2 is 1.89 bits per heavy atom. The largest absolute Gasteiger partial charge is 0.338 e. The molecule has 0 aromatic carbocycles. The highest BCUT2D eigenvalue weighted by Crippen LogP contribution is 2.32. The first-order valence-corrected chi connectivity index (χ1v) is 5.97. The molecule has 0 unspecified atom stereocenters. The maximum atomic E-state index is 12.8. The maximum absolute atomic E-state index is 12.8. The van der Waals surface area contributed by atoms with E-state index in [1.54, 1.807) is 0 Å². The second-order valence-corrected chi connectivity index (χ2v) is 5.63. The third-order valence-corrected chi connectivity index (χ3v) is 3.53. The van der Waals surface area contributed by atoms with Gasteiger partial charge in [-0.05, 0) is 39.8 Å². The minimum Gasteiger partial charge on any atom is -0.338 e. The summed E-state index contributed by atoms with van der Waals surface area (Å²) in [5.74, 6) is 0.351. The van der Waals surface area contributed by atoms with E-state index in [2.05, 4.69) is 15.1 Å². The van der Waals surface area contributed by atoms with Gasteiger partial charge < -0.3 is 10.3 Å². The minimum atomic E-state index is -0.521. The molecule has 0 atom stereocenters. The second kappa shape index (κ2) is 4.38. The lowest BCUT2D eigenvalue weighted by Crippen LogP contribution is -2.50. The van der Waals surface area contributed by atoms with Crippen molar-refractivity contribution in [2.24, 2.45) is 5.73 Å². The third-order valence-electron chi connectivity index (χ3n) is 3.53. The molecule has 0 aliphatic carbocycles. The number of nitrogens with zero attached hydrogens (tertiary/aromatic N) is 3. The normalized spacial score (nSPS) is 12.7. The summed E-state index contributed by atoms with van der Waals surface area (Å²) in [7, 11) is 0. The molecule has 0 fully saturated rings. The van der Waals surface area contributed by atoms with Crippen LogP contribution in [0.25, 0.3) is 11.5 Å². The zero-order chi connectivity index (χ0) is 14.3. The minimum absolute atomic E-state index is 0.326. The number of aromatic nitrogens is 3. The molecule has 0 amide bonds. The second-order valence-electron chi connectivity index (χ2n) is 5.63. The summed E-state index contributed by atoms with van der Waals surface area (Å²) in [4.78, 5) is 8.22. The zero-order valence-electron chi connectivity index (χ0n) is 11.4. The molecular weight excluding hydrogens is 247 g/mol. The number of pyridine rings is 1. The van der Waals surface area contributed by atoms with E-state index in [1.807, 2.05) is 27.7 Å². The predicted molar refractivity (Wildman–Crippen MR) is 68.8 cm³/mol. The van der Waals surface area contributed by atoms with Crippen LogP contribution in [-0.4, -0.2) is 20.7 Å². The molecule has 2 N–H and O–H groups in total. The van der Waals surface area contributed by atoms with Crippen LogP contribution < -0.4 is 5.73 Å². The van der Waals surface area contributed by atoms with Gasteiger partial charge >= 0.3 is 0 Å². The van der Waals surface area contributed by atoms with Crippen LogP contribution in [0.1, 0.15) is 33.6 Å². The Bertz CT molecular complexity index is 569. The molecule has 2 heterocycles. The van der Waals surface area contributed by atoms with Gasteiger partial charge in [0.25, 0.3) is 0 Å². The molecule has 2 aromatic rings. The Hall–Kier alpha value is -1.82. The summed E-state index contributed by atoms with van der Waals surface area (Å²) < 4.78 is 18.1. The number of hydrogen-bond acceptors (Lipinski definition) is 5. The van der Waals surface area contributed by atoms with Crippen molar-refractivity contribution in [3.63, 3.8) is 0 Å². The Kier molecular flexibility index (Phi) is 3.14. The van der Waals surface area contributed by atoms with Gasteiger partial charge in [-0.3, -0.25) is 0 Å². The van der Waals surface area contributed by atoms with E-state index in [4.69, 9.17) is 10.3 Å². The van der Waals surface area contributed by atoms with Crippen LogP contribution in [0.15, 0.2) is 22.9 Å². The summed E-state index contributed by atoms with van der Waals surface area (Å²) in [6.07, 6.45) is 1.11. The Morgan fingerprint density at radius 1 is 1.21 bits per heavy atom. The molecule has 0 aliphatic heterocycles. The standard InChI is InChI=1S/C13H17FN4O/c1-12(2,13(3,4)15)11-17-10(18-19-11)9-6-5-8(14)7-16-9/h5-7H,15H2,1-4H3. The van der Waals surface area contributed by atoms with Crippen molar-refractivity contribution in [1.82, 2.24) is 15.1 Å². The fourth-order valence-electron chi connectivity index (χ4n) is 1.37. The van der Waals surface area contributed by atoms with E-state index < -0.39 is 16.8 Å². The van der Waals surface area contributed by atoms with Gasteiger partial charge in [0.05, 0.1) is 11.6 Å². The van der Waals surface area contributed by atoms with E-state index >= 15 is 0 Å². The fourth-order valence-corrected chi connectivity index (χ4v) is 1.37. The average molecular weight is 264 g/mol. The third kappa shape index (κ3) is 2.49. The van der Waals surface area contributed by atoms with Crippen molar-refractivity contribution in [1.29, 1.82) is 0 Å². The molecule has 0 saturated heterocycles. The summed E-state index contributed by atoms with van der Waals surface area (Å²) >= 11 is 0. The van der Waals surface area contributed by atoms with Crippen LogP contribution in [-0.2, 0) is 5.41 Å². The average Bonchev–Trinajstić information content (AvgIpc) is 2.78. The predicted octanol–water partition coefficient (Wildman–Crippen LogP) is 2.29. The summed E-state index contributed by atoms with van der Waals surface area (Å²) in [6.45, 7) is 7.66. The van der Waals surface area contributed by atoms with Gasteiger partial charge in [-0.25, -0.2) is 9.37 Å². The summed E-state index contributed by atoms with van der Waals surface area (Å²) in [5, 5.41) is 3.87. The van der Waals surface area contributed by atoms with Crippen molar-refractivity contribution in [3.8, 4) is 11.5 Å². The maximum Gasteiger partial charge on any atom is 0.234 e. The molecule has 0 aliphatic rings. The monoisotopic (exact) mass is 264 g/mol. The number of nitrogens with two attached hydrogens (primary N) is 1. The molecule has 2 rings (SSSR count). The molecule has 5 nitrogen and oxygen atoms in total. The Balaban J connectivity index is 2.37.